The van der Waals surface area contributed by atoms with E-state index < -0.39 is 23.6 Å². The summed E-state index contributed by atoms with van der Waals surface area (Å²) in [4.78, 5) is 37.3. The monoisotopic (exact) mass is 363 g/mol. The van der Waals surface area contributed by atoms with Gasteiger partial charge in [-0.2, -0.15) is 13.2 Å². The highest BCUT2D eigenvalue weighted by Crippen LogP contribution is 2.33. The van der Waals surface area contributed by atoms with Crippen LogP contribution in [0.4, 0.5) is 18.9 Å². The minimum atomic E-state index is -4.60. The van der Waals surface area contributed by atoms with Crippen LogP contribution in [0.15, 0.2) is 18.2 Å². The Morgan fingerprint density at radius 2 is 1.79 bits per heavy atom. The number of halogens is 4. The summed E-state index contributed by atoms with van der Waals surface area (Å²) in [5, 5.41) is 1.98. The second-order valence-electron chi connectivity index (χ2n) is 5.08. The quantitative estimate of drug-likeness (QED) is 0.641. The lowest BCUT2D eigenvalue weighted by Crippen LogP contribution is -2.51. The number of rotatable bonds is 2. The van der Waals surface area contributed by atoms with Gasteiger partial charge < -0.3 is 15.1 Å². The molecule has 0 bridgehead atoms. The van der Waals surface area contributed by atoms with Crippen molar-refractivity contribution in [3.63, 3.8) is 0 Å². The lowest BCUT2D eigenvalue weighted by Gasteiger charge is -2.32. The first kappa shape index (κ1) is 18.1. The van der Waals surface area contributed by atoms with Gasteiger partial charge in [0.05, 0.1) is 16.3 Å². The summed E-state index contributed by atoms with van der Waals surface area (Å²) in [5.74, 6) is -1.98. The molecule has 10 heteroatoms. The number of benzene rings is 1. The number of carbonyl (C=O) groups excluding carboxylic acids is 3. The van der Waals surface area contributed by atoms with Crippen LogP contribution in [-0.2, 0) is 20.6 Å². The molecule has 1 aliphatic heterocycles. The van der Waals surface area contributed by atoms with Crippen LogP contribution in [0.3, 0.4) is 0 Å². The van der Waals surface area contributed by atoms with E-state index in [2.05, 4.69) is 5.32 Å². The molecule has 0 radical (unpaired) electrons. The third-order valence-corrected chi connectivity index (χ3v) is 3.82. The Morgan fingerprint density at radius 3 is 2.33 bits per heavy atom. The molecule has 1 saturated heterocycles. The van der Waals surface area contributed by atoms with Crippen molar-refractivity contribution in [2.24, 2.45) is 0 Å². The van der Waals surface area contributed by atoms with Crippen LogP contribution in [0.25, 0.3) is 0 Å². The molecule has 1 fully saturated rings. The van der Waals surface area contributed by atoms with Gasteiger partial charge in [-0.1, -0.05) is 11.6 Å². The van der Waals surface area contributed by atoms with Crippen molar-refractivity contribution in [1.29, 1.82) is 0 Å². The molecule has 0 aliphatic carbocycles. The van der Waals surface area contributed by atoms with Crippen LogP contribution in [0.5, 0.6) is 0 Å². The standard InChI is InChI=1S/C14H13ClF3N3O3/c15-10-2-1-9(14(16,17)18)7-11(10)19-12(23)13(24)21-5-3-20(8-22)4-6-21/h1-2,7-8H,3-6H2,(H,19,23). The summed E-state index contributed by atoms with van der Waals surface area (Å²) >= 11 is 5.77. The van der Waals surface area contributed by atoms with Crippen molar-refractivity contribution >= 4 is 35.5 Å². The van der Waals surface area contributed by atoms with Gasteiger partial charge in [-0.05, 0) is 18.2 Å². The number of anilines is 1. The van der Waals surface area contributed by atoms with E-state index in [0.717, 1.165) is 12.1 Å². The second-order valence-corrected chi connectivity index (χ2v) is 5.49. The van der Waals surface area contributed by atoms with Gasteiger partial charge in [0, 0.05) is 26.2 Å². The summed E-state index contributed by atoms with van der Waals surface area (Å²) < 4.78 is 38.1. The maximum absolute atomic E-state index is 12.7. The number of nitrogens with one attached hydrogen (secondary N) is 1. The van der Waals surface area contributed by atoms with E-state index in [4.69, 9.17) is 11.6 Å². The summed E-state index contributed by atoms with van der Waals surface area (Å²) in [6.45, 7) is 0.905. The molecule has 1 heterocycles. The predicted octanol–water partition coefficient (Wildman–Crippen LogP) is 1.60. The highest BCUT2D eigenvalue weighted by Gasteiger charge is 2.32. The van der Waals surface area contributed by atoms with Crippen LogP contribution < -0.4 is 5.32 Å². The van der Waals surface area contributed by atoms with Crippen molar-refractivity contribution in [2.75, 3.05) is 31.5 Å². The van der Waals surface area contributed by atoms with Gasteiger partial charge in [-0.25, -0.2) is 0 Å². The van der Waals surface area contributed by atoms with Gasteiger partial charge in [-0.3, -0.25) is 14.4 Å². The minimum absolute atomic E-state index is 0.116. The van der Waals surface area contributed by atoms with Gasteiger partial charge in [-0.15, -0.1) is 0 Å². The first-order valence-electron chi connectivity index (χ1n) is 6.88. The number of amides is 3. The predicted molar refractivity (Wildman–Crippen MR) is 79.3 cm³/mol. The van der Waals surface area contributed by atoms with Crippen LogP contribution in [0.1, 0.15) is 5.56 Å². The van der Waals surface area contributed by atoms with Gasteiger partial charge in [0.1, 0.15) is 0 Å². The molecule has 6 nitrogen and oxygen atoms in total. The van der Waals surface area contributed by atoms with Gasteiger partial charge in [0.25, 0.3) is 0 Å². The van der Waals surface area contributed by atoms with Crippen molar-refractivity contribution in [2.45, 2.75) is 6.18 Å². The molecule has 130 valence electrons. The number of carbonyl (C=O) groups is 3. The van der Waals surface area contributed by atoms with Crippen LogP contribution in [-0.4, -0.2) is 54.2 Å². The molecule has 0 spiro atoms. The van der Waals surface area contributed by atoms with Gasteiger partial charge >= 0.3 is 18.0 Å². The fourth-order valence-electron chi connectivity index (χ4n) is 2.15. The molecule has 1 aromatic carbocycles. The molecule has 24 heavy (non-hydrogen) atoms. The van der Waals surface area contributed by atoms with E-state index in [-0.39, 0.29) is 36.9 Å². The minimum Gasteiger partial charge on any atom is -0.342 e. The van der Waals surface area contributed by atoms with Crippen LogP contribution in [0, 0.1) is 0 Å². The molecule has 2 rings (SSSR count). The van der Waals surface area contributed by atoms with E-state index in [1.54, 1.807) is 0 Å². The number of hydrogen-bond acceptors (Lipinski definition) is 3. The molecule has 1 aromatic rings. The van der Waals surface area contributed by atoms with Gasteiger partial charge in [0.2, 0.25) is 6.41 Å². The van der Waals surface area contributed by atoms with Gasteiger partial charge in [0.15, 0.2) is 0 Å². The molecule has 0 unspecified atom stereocenters. The second kappa shape index (κ2) is 7.08. The summed E-state index contributed by atoms with van der Waals surface area (Å²) in [6, 6.07) is 2.43. The van der Waals surface area contributed by atoms with E-state index in [0.29, 0.717) is 12.5 Å². The fraction of sp³-hybridized carbons (Fsp3) is 0.357. The topological polar surface area (TPSA) is 69.7 Å². The Kier molecular flexibility index (Phi) is 5.33. The first-order chi connectivity index (χ1) is 11.2. The zero-order valence-corrected chi connectivity index (χ0v) is 13.0. The normalized spacial score (nSPS) is 15.2. The molecule has 0 aromatic heterocycles. The molecule has 1 aliphatic rings. The van der Waals surface area contributed by atoms with Crippen molar-refractivity contribution in [1.82, 2.24) is 9.80 Å². The van der Waals surface area contributed by atoms with Crippen molar-refractivity contribution in [3.8, 4) is 0 Å². The largest absolute Gasteiger partial charge is 0.416 e. The lowest BCUT2D eigenvalue weighted by molar-refractivity contribution is -0.144. The molecular weight excluding hydrogens is 351 g/mol. The number of nitrogens with zero attached hydrogens (tertiary/aromatic N) is 2. The fourth-order valence-corrected chi connectivity index (χ4v) is 2.31. The maximum Gasteiger partial charge on any atom is 0.416 e. The van der Waals surface area contributed by atoms with E-state index in [1.807, 2.05) is 0 Å². The molecule has 1 N–H and O–H groups in total. The molecule has 0 atom stereocenters. The summed E-state index contributed by atoms with van der Waals surface area (Å²) in [5.41, 5.74) is -1.29. The smallest absolute Gasteiger partial charge is 0.342 e. The zero-order chi connectivity index (χ0) is 17.9. The van der Waals surface area contributed by atoms with E-state index in [9.17, 15) is 27.6 Å². The van der Waals surface area contributed by atoms with Crippen molar-refractivity contribution in [3.05, 3.63) is 28.8 Å². The number of piperazine rings is 1. The highest BCUT2D eigenvalue weighted by molar-refractivity contribution is 6.41. The SMILES string of the molecule is O=CN1CCN(C(=O)C(=O)Nc2cc(C(F)(F)F)ccc2Cl)CC1. The third kappa shape index (κ3) is 4.16. The Balaban J connectivity index is 2.07. The highest BCUT2D eigenvalue weighted by atomic mass is 35.5. The molecule has 3 amide bonds. The van der Waals surface area contributed by atoms with Crippen LogP contribution in [0.2, 0.25) is 5.02 Å². The van der Waals surface area contributed by atoms with E-state index >= 15 is 0 Å². The first-order valence-corrected chi connectivity index (χ1v) is 7.26. The summed E-state index contributed by atoms with van der Waals surface area (Å²) in [6.07, 6.45) is -3.95. The number of alkyl halides is 3. The third-order valence-electron chi connectivity index (χ3n) is 3.49. The lowest BCUT2D eigenvalue weighted by atomic mass is 10.2. The average molecular weight is 364 g/mol. The average Bonchev–Trinajstić information content (AvgIpc) is 2.55. The zero-order valence-electron chi connectivity index (χ0n) is 12.3. The Bertz CT molecular complexity index is 658. The Morgan fingerprint density at radius 1 is 1.17 bits per heavy atom. The van der Waals surface area contributed by atoms with Crippen LogP contribution >= 0.6 is 11.6 Å². The maximum atomic E-state index is 12.7. The molecule has 0 saturated carbocycles. The molecular formula is C14H13ClF3N3O3. The number of hydrogen-bond donors (Lipinski definition) is 1. The summed E-state index contributed by atoms with van der Waals surface area (Å²) in [7, 11) is 0. The Hall–Kier alpha value is -2.29. The van der Waals surface area contributed by atoms with E-state index in [1.165, 1.54) is 9.80 Å². The van der Waals surface area contributed by atoms with Crippen molar-refractivity contribution < 1.29 is 27.6 Å². The Labute approximate surface area is 140 Å².